The monoisotopic (exact) mass is 481 g/mol. The molecular formula is C27H31NO7. The van der Waals surface area contributed by atoms with Gasteiger partial charge in [-0.05, 0) is 41.8 Å². The standard InChI is InChI=1S/C27H31NO7/c1-27(2,3)24(29)19-7-5-6-18(28-19)16-8-10-17(11-9-16)33-14-15-34-26(31)23-21-13-12-20(35-21)22(23)25(30)32-4/h5-13,20-24,29H,14-15H2,1-4H3/t20-,21+,22-,23+,24-/m0/s1. The number of hydrogen-bond donors (Lipinski definition) is 1. The highest BCUT2D eigenvalue weighted by molar-refractivity contribution is 5.85. The molecule has 2 bridgehead atoms. The number of esters is 2. The number of carbonyl (C=O) groups is 2. The molecule has 1 N–H and O–H groups in total. The van der Waals surface area contributed by atoms with Crippen LogP contribution in [-0.2, 0) is 23.8 Å². The molecule has 2 aliphatic heterocycles. The van der Waals surface area contributed by atoms with Crippen molar-refractivity contribution in [3.05, 3.63) is 60.3 Å². The fourth-order valence-electron chi connectivity index (χ4n) is 4.33. The van der Waals surface area contributed by atoms with Crippen molar-refractivity contribution in [2.24, 2.45) is 17.3 Å². The van der Waals surface area contributed by atoms with E-state index in [0.29, 0.717) is 11.4 Å². The summed E-state index contributed by atoms with van der Waals surface area (Å²) in [4.78, 5) is 29.3. The van der Waals surface area contributed by atoms with Crippen LogP contribution in [-0.4, -0.2) is 54.6 Å². The van der Waals surface area contributed by atoms with Crippen LogP contribution >= 0.6 is 0 Å². The van der Waals surface area contributed by atoms with Gasteiger partial charge in [-0.15, -0.1) is 0 Å². The fraction of sp³-hybridized carbons (Fsp3) is 0.444. The second-order valence-corrected chi connectivity index (χ2v) is 9.78. The molecule has 8 nitrogen and oxygen atoms in total. The lowest BCUT2D eigenvalue weighted by molar-refractivity contribution is -0.158. The van der Waals surface area contributed by atoms with Crippen LogP contribution in [0, 0.1) is 17.3 Å². The zero-order chi connectivity index (χ0) is 25.2. The van der Waals surface area contributed by atoms with Crippen molar-refractivity contribution in [3.8, 4) is 17.0 Å². The fourth-order valence-corrected chi connectivity index (χ4v) is 4.33. The number of hydrogen-bond acceptors (Lipinski definition) is 8. The number of rotatable bonds is 8. The van der Waals surface area contributed by atoms with Crippen LogP contribution in [0.2, 0.25) is 0 Å². The molecule has 5 atom stereocenters. The van der Waals surface area contributed by atoms with Crippen molar-refractivity contribution < 1.29 is 33.6 Å². The summed E-state index contributed by atoms with van der Waals surface area (Å²) in [5, 5.41) is 10.5. The van der Waals surface area contributed by atoms with Gasteiger partial charge >= 0.3 is 11.9 Å². The molecule has 1 saturated heterocycles. The van der Waals surface area contributed by atoms with Gasteiger partial charge in [-0.25, -0.2) is 0 Å². The molecule has 0 unspecified atom stereocenters. The van der Waals surface area contributed by atoms with Crippen LogP contribution in [0.25, 0.3) is 11.3 Å². The molecule has 35 heavy (non-hydrogen) atoms. The topological polar surface area (TPSA) is 104 Å². The highest BCUT2D eigenvalue weighted by Gasteiger charge is 2.54. The van der Waals surface area contributed by atoms with Gasteiger partial charge in [0, 0.05) is 5.56 Å². The molecule has 0 saturated carbocycles. The Kier molecular flexibility index (Phi) is 7.23. The summed E-state index contributed by atoms with van der Waals surface area (Å²) < 4.78 is 21.5. The predicted molar refractivity (Wildman–Crippen MR) is 127 cm³/mol. The maximum Gasteiger partial charge on any atom is 0.313 e. The summed E-state index contributed by atoms with van der Waals surface area (Å²) in [5.41, 5.74) is 1.97. The van der Waals surface area contributed by atoms with Gasteiger partial charge in [-0.1, -0.05) is 39.0 Å². The van der Waals surface area contributed by atoms with Crippen LogP contribution in [0.4, 0.5) is 0 Å². The molecule has 1 fully saturated rings. The van der Waals surface area contributed by atoms with Crippen LogP contribution in [0.1, 0.15) is 32.6 Å². The molecule has 4 rings (SSSR count). The molecule has 0 spiro atoms. The number of nitrogens with zero attached hydrogens (tertiary/aromatic N) is 1. The van der Waals surface area contributed by atoms with Crippen LogP contribution in [0.15, 0.2) is 54.6 Å². The van der Waals surface area contributed by atoms with E-state index in [1.54, 1.807) is 12.2 Å². The van der Waals surface area contributed by atoms with E-state index in [1.807, 2.05) is 63.2 Å². The lowest BCUT2D eigenvalue weighted by Crippen LogP contribution is -2.38. The molecule has 1 aromatic heterocycles. The number of aliphatic hydroxyl groups excluding tert-OH is 1. The average molecular weight is 482 g/mol. The lowest BCUT2D eigenvalue weighted by Gasteiger charge is -2.25. The van der Waals surface area contributed by atoms with E-state index >= 15 is 0 Å². The van der Waals surface area contributed by atoms with Crippen molar-refractivity contribution in [2.75, 3.05) is 20.3 Å². The summed E-state index contributed by atoms with van der Waals surface area (Å²) in [5.74, 6) is -1.76. The minimum Gasteiger partial charge on any atom is -0.490 e. The minimum atomic E-state index is -0.711. The number of aliphatic hydroxyl groups is 1. The predicted octanol–water partition coefficient (Wildman–Crippen LogP) is 3.49. The number of pyridine rings is 1. The first-order valence-electron chi connectivity index (χ1n) is 11.7. The summed E-state index contributed by atoms with van der Waals surface area (Å²) in [7, 11) is 1.29. The number of benzene rings is 1. The molecule has 2 aliphatic rings. The smallest absolute Gasteiger partial charge is 0.313 e. The van der Waals surface area contributed by atoms with Crippen molar-refractivity contribution >= 4 is 11.9 Å². The van der Waals surface area contributed by atoms with Crippen LogP contribution < -0.4 is 4.74 Å². The van der Waals surface area contributed by atoms with Crippen LogP contribution in [0.5, 0.6) is 5.75 Å². The number of ether oxygens (including phenoxy) is 4. The van der Waals surface area contributed by atoms with E-state index in [9.17, 15) is 14.7 Å². The normalized spacial score (nSPS) is 23.7. The Hall–Kier alpha value is -3.23. The first-order valence-corrected chi connectivity index (χ1v) is 11.7. The largest absolute Gasteiger partial charge is 0.490 e. The first-order chi connectivity index (χ1) is 16.7. The maximum atomic E-state index is 12.6. The van der Waals surface area contributed by atoms with E-state index in [2.05, 4.69) is 4.98 Å². The third-order valence-electron chi connectivity index (χ3n) is 6.26. The van der Waals surface area contributed by atoms with Crippen LogP contribution in [0.3, 0.4) is 0 Å². The molecular weight excluding hydrogens is 450 g/mol. The summed E-state index contributed by atoms with van der Waals surface area (Å²) >= 11 is 0. The Labute approximate surface area is 204 Å². The lowest BCUT2D eigenvalue weighted by atomic mass is 9.83. The maximum absolute atomic E-state index is 12.6. The summed E-state index contributed by atoms with van der Waals surface area (Å²) in [6.07, 6.45) is 1.97. The van der Waals surface area contributed by atoms with Gasteiger partial charge in [0.25, 0.3) is 0 Å². The Morgan fingerprint density at radius 3 is 2.29 bits per heavy atom. The first kappa shape index (κ1) is 24.9. The van der Waals surface area contributed by atoms with Crippen molar-refractivity contribution in [1.29, 1.82) is 0 Å². The number of methoxy groups -OCH3 is 1. The third-order valence-corrected chi connectivity index (χ3v) is 6.26. The minimum absolute atomic E-state index is 0.0420. The average Bonchev–Trinajstić information content (AvgIpc) is 3.47. The SMILES string of the molecule is COC(=O)[C@@H]1[C@H](C(=O)OCCOc2ccc(-c3cccc([C@H](O)C(C)(C)C)n3)cc2)[C@H]2C=C[C@@H]1O2. The Morgan fingerprint density at radius 2 is 1.66 bits per heavy atom. The number of aromatic nitrogens is 1. The van der Waals surface area contributed by atoms with E-state index in [1.165, 1.54) is 7.11 Å². The number of fused-ring (bicyclic) bond motifs is 2. The van der Waals surface area contributed by atoms with Gasteiger partial charge < -0.3 is 24.1 Å². The molecule has 8 heteroatoms. The van der Waals surface area contributed by atoms with Gasteiger partial charge in [0.15, 0.2) is 0 Å². The highest BCUT2D eigenvalue weighted by atomic mass is 16.6. The zero-order valence-corrected chi connectivity index (χ0v) is 20.3. The Bertz CT molecular complexity index is 1090. The molecule has 186 valence electrons. The molecule has 0 aliphatic carbocycles. The van der Waals surface area contributed by atoms with Crippen molar-refractivity contribution in [3.63, 3.8) is 0 Å². The van der Waals surface area contributed by atoms with E-state index in [4.69, 9.17) is 18.9 Å². The van der Waals surface area contributed by atoms with Crippen molar-refractivity contribution in [1.82, 2.24) is 4.98 Å². The van der Waals surface area contributed by atoms with Gasteiger partial charge in [0.1, 0.15) is 36.9 Å². The highest BCUT2D eigenvalue weighted by Crippen LogP contribution is 2.40. The summed E-state index contributed by atoms with van der Waals surface area (Å²) in [6, 6.07) is 13.0. The van der Waals surface area contributed by atoms with Gasteiger partial charge in [-0.3, -0.25) is 14.6 Å². The second kappa shape index (κ2) is 10.2. The number of carbonyl (C=O) groups excluding carboxylic acids is 2. The summed E-state index contributed by atoms with van der Waals surface area (Å²) in [6.45, 7) is 6.11. The molecule has 2 aromatic rings. The van der Waals surface area contributed by atoms with Gasteiger partial charge in [-0.2, -0.15) is 0 Å². The van der Waals surface area contributed by atoms with E-state index in [0.717, 1.165) is 11.3 Å². The third kappa shape index (κ3) is 5.39. The molecule has 3 heterocycles. The Morgan fingerprint density at radius 1 is 1.00 bits per heavy atom. The second-order valence-electron chi connectivity index (χ2n) is 9.78. The molecule has 1 aromatic carbocycles. The molecule has 0 amide bonds. The quantitative estimate of drug-likeness (QED) is 0.347. The van der Waals surface area contributed by atoms with E-state index < -0.39 is 42.1 Å². The Balaban J connectivity index is 1.29. The van der Waals surface area contributed by atoms with E-state index in [-0.39, 0.29) is 18.6 Å². The zero-order valence-electron chi connectivity index (χ0n) is 20.3. The van der Waals surface area contributed by atoms with Crippen molar-refractivity contribution in [2.45, 2.75) is 39.1 Å². The van der Waals surface area contributed by atoms with Gasteiger partial charge in [0.05, 0.1) is 30.7 Å². The van der Waals surface area contributed by atoms with Gasteiger partial charge in [0.2, 0.25) is 0 Å². The molecule has 0 radical (unpaired) electrons.